The fourth-order valence-electron chi connectivity index (χ4n) is 3.48. The molecule has 0 amide bonds. The molecule has 2 aliphatic rings. The number of aliphatic hydroxyl groups excluding tert-OH is 1. The average Bonchev–Trinajstić information content (AvgIpc) is 3.17. The third-order valence-corrected chi connectivity index (χ3v) is 4.97. The second kappa shape index (κ2) is 11.5. The van der Waals surface area contributed by atoms with Crippen molar-refractivity contribution in [2.24, 2.45) is 0 Å². The van der Waals surface area contributed by atoms with Crippen LogP contribution in [0.2, 0.25) is 0 Å². The summed E-state index contributed by atoms with van der Waals surface area (Å²) in [6.45, 7) is 6.10. The second-order valence-electron chi connectivity index (χ2n) is 7.04. The molecule has 8 heteroatoms. The van der Waals surface area contributed by atoms with Gasteiger partial charge in [0.15, 0.2) is 11.5 Å². The first-order chi connectivity index (χ1) is 13.3. The monoisotopic (exact) mass is 440 g/mol. The Morgan fingerprint density at radius 2 is 1.59 bits per heavy atom. The Hall–Kier alpha value is -1.70. The van der Waals surface area contributed by atoms with Crippen LogP contribution in [-0.2, 0) is 6.54 Å². The zero-order valence-corrected chi connectivity index (χ0v) is 17.7. The number of nitrogens with zero attached hydrogens (tertiary/aromatic N) is 2. The molecule has 2 aliphatic heterocycles. The van der Waals surface area contributed by atoms with Crippen LogP contribution < -0.4 is 39.0 Å². The van der Waals surface area contributed by atoms with E-state index in [-0.39, 0.29) is 38.2 Å². The summed E-state index contributed by atoms with van der Waals surface area (Å²) in [5.41, 5.74) is 1.35. The van der Waals surface area contributed by atoms with Crippen LogP contribution in [0.15, 0.2) is 48.5 Å². The highest BCUT2D eigenvalue weighted by atomic mass is 35.5. The van der Waals surface area contributed by atoms with E-state index < -0.39 is 6.10 Å². The molecule has 160 valence electrons. The van der Waals surface area contributed by atoms with Crippen LogP contribution in [0.5, 0.6) is 17.2 Å². The summed E-state index contributed by atoms with van der Waals surface area (Å²) in [5.74, 6) is 2.11. The first kappa shape index (κ1) is 23.6. The molecule has 0 bridgehead atoms. The number of aliphatic hydroxyl groups is 1. The number of benzene rings is 2. The van der Waals surface area contributed by atoms with Gasteiger partial charge in [-0.3, -0.25) is 9.80 Å². The van der Waals surface area contributed by atoms with E-state index in [2.05, 4.69) is 40.1 Å². The number of fused-ring (bicyclic) bond motifs is 1. The van der Waals surface area contributed by atoms with Crippen molar-refractivity contribution >= 4 is 0 Å². The van der Waals surface area contributed by atoms with Gasteiger partial charge in [0.1, 0.15) is 18.5 Å². The molecule has 29 heavy (non-hydrogen) atoms. The number of halogens is 2. The minimum Gasteiger partial charge on any atom is -1.00 e. The summed E-state index contributed by atoms with van der Waals surface area (Å²) in [4.78, 5) is 4.76. The number of rotatable bonds is 7. The first-order valence-electron chi connectivity index (χ1n) is 9.45. The van der Waals surface area contributed by atoms with E-state index in [1.165, 1.54) is 5.56 Å². The number of hydrogen-bond acceptors (Lipinski definition) is 6. The summed E-state index contributed by atoms with van der Waals surface area (Å²) in [6.07, 6.45) is -0.518. The van der Waals surface area contributed by atoms with Gasteiger partial charge in [-0.25, -0.2) is 0 Å². The standard InChI is InChI=1S/C21H26N2O4.2ClH/c24-18(15-25-19-6-7-20-21(12-19)27-16-26-20)14-23-10-8-22(9-11-23)13-17-4-2-1-3-5-17;;/h1-7,12,18,24H,8-11,13-16H2;2*1H/p-2. The molecule has 0 aliphatic carbocycles. The van der Waals surface area contributed by atoms with Crippen LogP contribution in [0.1, 0.15) is 5.56 Å². The molecule has 0 saturated carbocycles. The molecule has 1 saturated heterocycles. The third-order valence-electron chi connectivity index (χ3n) is 4.97. The van der Waals surface area contributed by atoms with Gasteiger partial charge in [-0.05, 0) is 17.7 Å². The van der Waals surface area contributed by atoms with Gasteiger partial charge < -0.3 is 44.1 Å². The van der Waals surface area contributed by atoms with Gasteiger partial charge in [-0.2, -0.15) is 0 Å². The fourth-order valence-corrected chi connectivity index (χ4v) is 3.48. The molecular formula is C21H26Cl2N2O4-2. The van der Waals surface area contributed by atoms with Crippen molar-refractivity contribution in [3.8, 4) is 17.2 Å². The van der Waals surface area contributed by atoms with E-state index in [4.69, 9.17) is 14.2 Å². The van der Waals surface area contributed by atoms with Crippen molar-refractivity contribution in [2.45, 2.75) is 12.6 Å². The molecule has 1 unspecified atom stereocenters. The lowest BCUT2D eigenvalue weighted by molar-refractivity contribution is -0.001000. The maximum absolute atomic E-state index is 10.3. The Morgan fingerprint density at radius 1 is 0.897 bits per heavy atom. The second-order valence-corrected chi connectivity index (χ2v) is 7.04. The molecule has 6 nitrogen and oxygen atoms in total. The minimum absolute atomic E-state index is 0. The van der Waals surface area contributed by atoms with Gasteiger partial charge in [0.05, 0.1) is 0 Å². The predicted octanol–water partition coefficient (Wildman–Crippen LogP) is -4.02. The van der Waals surface area contributed by atoms with Crippen LogP contribution in [0.25, 0.3) is 0 Å². The van der Waals surface area contributed by atoms with Crippen molar-refractivity contribution in [3.63, 3.8) is 0 Å². The summed E-state index contributed by atoms with van der Waals surface area (Å²) in [5, 5.41) is 10.3. The Bertz CT molecular complexity index is 743. The highest BCUT2D eigenvalue weighted by Crippen LogP contribution is 2.35. The van der Waals surface area contributed by atoms with Crippen molar-refractivity contribution in [1.29, 1.82) is 0 Å². The van der Waals surface area contributed by atoms with Crippen LogP contribution in [0.3, 0.4) is 0 Å². The molecule has 4 rings (SSSR count). The Balaban J connectivity index is 0.00000150. The quantitative estimate of drug-likeness (QED) is 0.473. The predicted molar refractivity (Wildman–Crippen MR) is 102 cm³/mol. The van der Waals surface area contributed by atoms with Crippen molar-refractivity contribution in [1.82, 2.24) is 9.80 Å². The smallest absolute Gasteiger partial charge is 0.231 e. The van der Waals surface area contributed by atoms with E-state index >= 15 is 0 Å². The van der Waals surface area contributed by atoms with Crippen LogP contribution >= 0.6 is 0 Å². The highest BCUT2D eigenvalue weighted by Gasteiger charge is 2.20. The molecule has 1 atom stereocenters. The van der Waals surface area contributed by atoms with Gasteiger partial charge in [-0.1, -0.05) is 30.3 Å². The zero-order valence-electron chi connectivity index (χ0n) is 16.2. The number of ether oxygens (including phenoxy) is 3. The molecule has 0 spiro atoms. The van der Waals surface area contributed by atoms with E-state index in [1.807, 2.05) is 12.1 Å². The summed E-state index contributed by atoms with van der Waals surface area (Å²) >= 11 is 0. The van der Waals surface area contributed by atoms with Crippen LogP contribution in [0, 0.1) is 0 Å². The van der Waals surface area contributed by atoms with Gasteiger partial charge in [-0.15, -0.1) is 0 Å². The Labute approximate surface area is 184 Å². The molecule has 2 aromatic carbocycles. The van der Waals surface area contributed by atoms with Gasteiger partial charge in [0.2, 0.25) is 6.79 Å². The van der Waals surface area contributed by atoms with Crippen molar-refractivity contribution in [3.05, 3.63) is 54.1 Å². The van der Waals surface area contributed by atoms with E-state index in [1.54, 1.807) is 6.07 Å². The molecule has 2 aromatic rings. The Kier molecular flexibility index (Phi) is 9.33. The average molecular weight is 441 g/mol. The van der Waals surface area contributed by atoms with Crippen molar-refractivity contribution in [2.75, 3.05) is 46.1 Å². The molecule has 1 N–H and O–H groups in total. The van der Waals surface area contributed by atoms with E-state index in [0.29, 0.717) is 18.0 Å². The summed E-state index contributed by atoms with van der Waals surface area (Å²) < 4.78 is 16.3. The lowest BCUT2D eigenvalue weighted by Gasteiger charge is -2.35. The van der Waals surface area contributed by atoms with Crippen LogP contribution in [0.4, 0.5) is 0 Å². The fraction of sp³-hybridized carbons (Fsp3) is 0.429. The lowest BCUT2D eigenvalue weighted by Crippen LogP contribution is -3.00. The minimum atomic E-state index is -0.518. The number of piperazine rings is 1. The van der Waals surface area contributed by atoms with Crippen molar-refractivity contribution < 1.29 is 44.1 Å². The lowest BCUT2D eigenvalue weighted by atomic mass is 10.2. The number of hydrogen-bond donors (Lipinski definition) is 1. The maximum atomic E-state index is 10.3. The van der Waals surface area contributed by atoms with Gasteiger partial charge in [0.25, 0.3) is 0 Å². The van der Waals surface area contributed by atoms with Gasteiger partial charge >= 0.3 is 0 Å². The number of β-amino-alcohol motifs (C(OH)–C–C–N with tert-alkyl or cyclic N) is 1. The molecular weight excluding hydrogens is 415 g/mol. The Morgan fingerprint density at radius 3 is 2.34 bits per heavy atom. The van der Waals surface area contributed by atoms with E-state index in [0.717, 1.165) is 38.5 Å². The largest absolute Gasteiger partial charge is 1.00 e. The SMILES string of the molecule is OC(COc1ccc2c(c1)OCO2)CN1CCN(Cc2ccccc2)CC1.[Cl-].[Cl-]. The van der Waals surface area contributed by atoms with E-state index in [9.17, 15) is 5.11 Å². The third kappa shape index (κ3) is 6.66. The summed E-state index contributed by atoms with van der Waals surface area (Å²) in [6, 6.07) is 16.0. The van der Waals surface area contributed by atoms with Gasteiger partial charge in [0, 0.05) is 45.3 Å². The first-order valence-corrected chi connectivity index (χ1v) is 9.45. The maximum Gasteiger partial charge on any atom is 0.231 e. The summed E-state index contributed by atoms with van der Waals surface area (Å²) in [7, 11) is 0. The van der Waals surface area contributed by atoms with Crippen LogP contribution in [-0.4, -0.2) is 67.1 Å². The molecule has 0 aromatic heterocycles. The highest BCUT2D eigenvalue weighted by molar-refractivity contribution is 5.46. The normalized spacial score (nSPS) is 17.1. The molecule has 2 heterocycles. The topological polar surface area (TPSA) is 54.4 Å². The zero-order chi connectivity index (χ0) is 18.5. The molecule has 1 fully saturated rings. The molecule has 0 radical (unpaired) electrons.